The Kier molecular flexibility index (Phi) is 18.3. The summed E-state index contributed by atoms with van der Waals surface area (Å²) in [5, 5.41) is 22.3. The first-order chi connectivity index (χ1) is 32.7. The molecule has 1 aliphatic carbocycles. The van der Waals surface area contributed by atoms with Crippen molar-refractivity contribution in [2.45, 2.75) is 83.0 Å². The van der Waals surface area contributed by atoms with Gasteiger partial charge in [0, 0.05) is 76.4 Å². The van der Waals surface area contributed by atoms with E-state index in [0.717, 1.165) is 92.2 Å². The van der Waals surface area contributed by atoms with Gasteiger partial charge in [-0.05, 0) is 62.3 Å². The number of rotatable bonds is 25. The van der Waals surface area contributed by atoms with E-state index >= 15 is 0 Å². The van der Waals surface area contributed by atoms with E-state index in [1.807, 2.05) is 23.4 Å². The molecule has 3 aliphatic heterocycles. The van der Waals surface area contributed by atoms with Crippen LogP contribution in [0, 0.1) is 0 Å². The lowest BCUT2D eigenvalue weighted by atomic mass is 9.93. The number of aliphatic hydroxyl groups excluding tert-OH is 1. The third-order valence-electron chi connectivity index (χ3n) is 12.2. The van der Waals surface area contributed by atoms with Gasteiger partial charge >= 0.3 is 0 Å². The smallest absolute Gasteiger partial charge is 0.264 e. The standard InChI is InChI=1S/C47H64N10O10/c1-2-3-15-49-47-51-29-36(43(54-47)52-33-8-10-34(58)11-9-33)37-12-7-32(28-50-37)30-55-17-19-56(20-18-55)41(60)31-67-27-26-66-25-24-65-23-22-64-21-16-48-38-6-4-5-35-42(38)46(63)57(45(35)62)39-13-14-40(59)53-44(39)61/h4-7,12,28-29,33-34,39,48,58H,2-3,8-11,13-27,30-31H2,1H3,(H,53,59,61)(H2,49,51,52,54)/t33-,34-,39?. The summed E-state index contributed by atoms with van der Waals surface area (Å²) in [5.74, 6) is -0.897. The number of piperazine rings is 1. The Morgan fingerprint density at radius 2 is 1.52 bits per heavy atom. The third kappa shape index (κ3) is 13.7. The Morgan fingerprint density at radius 3 is 2.22 bits per heavy atom. The first kappa shape index (κ1) is 49.3. The van der Waals surface area contributed by atoms with Crippen molar-refractivity contribution in [1.29, 1.82) is 0 Å². The van der Waals surface area contributed by atoms with E-state index in [2.05, 4.69) is 44.1 Å². The summed E-state index contributed by atoms with van der Waals surface area (Å²) in [6, 6.07) is 8.21. The van der Waals surface area contributed by atoms with Gasteiger partial charge in [-0.3, -0.25) is 44.1 Å². The Labute approximate surface area is 390 Å². The van der Waals surface area contributed by atoms with Crippen molar-refractivity contribution in [2.75, 3.05) is 108 Å². The predicted octanol–water partition coefficient (Wildman–Crippen LogP) is 2.69. The monoisotopic (exact) mass is 928 g/mol. The quantitative estimate of drug-likeness (QED) is 0.0607. The fraction of sp³-hybridized carbons (Fsp3) is 0.574. The molecule has 2 saturated heterocycles. The number of piperidine rings is 1. The minimum atomic E-state index is -1.02. The lowest BCUT2D eigenvalue weighted by Crippen LogP contribution is -2.54. The molecule has 7 rings (SSSR count). The van der Waals surface area contributed by atoms with E-state index in [9.17, 15) is 29.1 Å². The van der Waals surface area contributed by atoms with E-state index in [4.69, 9.17) is 28.9 Å². The number of unbranched alkanes of at least 4 members (excludes halogenated alkanes) is 1. The predicted molar refractivity (Wildman–Crippen MR) is 247 cm³/mol. The number of fused-ring (bicyclic) bond motifs is 1. The normalized spacial score (nSPS) is 19.9. The zero-order valence-corrected chi connectivity index (χ0v) is 38.3. The number of hydrogen-bond donors (Lipinski definition) is 5. The molecule has 362 valence electrons. The highest BCUT2D eigenvalue weighted by atomic mass is 16.6. The number of amides is 5. The van der Waals surface area contributed by atoms with Gasteiger partial charge in [-0.25, -0.2) is 4.98 Å². The topological polar surface area (TPSA) is 239 Å². The second-order valence-corrected chi connectivity index (χ2v) is 17.1. The molecular formula is C47H64N10O10. The van der Waals surface area contributed by atoms with E-state index < -0.39 is 29.7 Å². The number of aromatic nitrogens is 3. The van der Waals surface area contributed by atoms with Gasteiger partial charge in [-0.15, -0.1) is 0 Å². The molecule has 1 saturated carbocycles. The van der Waals surface area contributed by atoms with Gasteiger partial charge in [0.1, 0.15) is 18.5 Å². The maximum Gasteiger partial charge on any atom is 0.264 e. The fourth-order valence-corrected chi connectivity index (χ4v) is 8.48. The van der Waals surface area contributed by atoms with Gasteiger partial charge in [0.05, 0.1) is 74.7 Å². The number of nitrogens with one attached hydrogen (secondary N) is 4. The summed E-state index contributed by atoms with van der Waals surface area (Å²) in [5.41, 5.74) is 3.60. The highest BCUT2D eigenvalue weighted by Gasteiger charge is 2.45. The number of carbonyl (C=O) groups excluding carboxylic acids is 5. The largest absolute Gasteiger partial charge is 0.393 e. The molecule has 0 spiro atoms. The molecule has 5 heterocycles. The highest BCUT2D eigenvalue weighted by molar-refractivity contribution is 6.25. The minimum absolute atomic E-state index is 0.00152. The van der Waals surface area contributed by atoms with Crippen LogP contribution >= 0.6 is 0 Å². The van der Waals surface area contributed by atoms with Crippen LogP contribution in [0.2, 0.25) is 0 Å². The minimum Gasteiger partial charge on any atom is -0.393 e. The van der Waals surface area contributed by atoms with Gasteiger partial charge in [0.15, 0.2) is 0 Å². The van der Waals surface area contributed by atoms with E-state index in [1.165, 1.54) is 0 Å². The molecule has 3 aromatic rings. The summed E-state index contributed by atoms with van der Waals surface area (Å²) >= 11 is 0. The van der Waals surface area contributed by atoms with Gasteiger partial charge in [-0.1, -0.05) is 25.5 Å². The average molecular weight is 929 g/mol. The van der Waals surface area contributed by atoms with Crippen molar-refractivity contribution < 1.29 is 48.0 Å². The van der Waals surface area contributed by atoms with Gasteiger partial charge in [0.2, 0.25) is 23.7 Å². The van der Waals surface area contributed by atoms with Crippen LogP contribution in [0.3, 0.4) is 0 Å². The maximum absolute atomic E-state index is 13.2. The molecular weight excluding hydrogens is 865 g/mol. The number of ether oxygens (including phenoxy) is 4. The Balaban J connectivity index is 0.711. The first-order valence-corrected chi connectivity index (χ1v) is 23.6. The van der Waals surface area contributed by atoms with E-state index in [0.29, 0.717) is 77.5 Å². The lowest BCUT2D eigenvalue weighted by molar-refractivity contribution is -0.138. The fourth-order valence-electron chi connectivity index (χ4n) is 8.48. The molecule has 1 aromatic carbocycles. The number of hydrogen-bond acceptors (Lipinski definition) is 17. The first-order valence-electron chi connectivity index (χ1n) is 23.6. The molecule has 1 unspecified atom stereocenters. The van der Waals surface area contributed by atoms with Crippen molar-refractivity contribution in [3.8, 4) is 11.3 Å². The third-order valence-corrected chi connectivity index (χ3v) is 12.2. The summed E-state index contributed by atoms with van der Waals surface area (Å²) in [4.78, 5) is 82.3. The Hall–Kier alpha value is -5.64. The van der Waals surface area contributed by atoms with E-state index in [-0.39, 0.29) is 48.6 Å². The van der Waals surface area contributed by atoms with Crippen LogP contribution in [0.25, 0.3) is 11.3 Å². The van der Waals surface area contributed by atoms with Crippen LogP contribution in [0.1, 0.15) is 84.6 Å². The number of imide groups is 2. The van der Waals surface area contributed by atoms with Crippen LogP contribution in [0.4, 0.5) is 17.5 Å². The molecule has 20 nitrogen and oxygen atoms in total. The SMILES string of the molecule is CCCCNc1ncc(-c2ccc(CN3CCN(C(=O)COCCOCCOCCOCCNc4cccc5c4C(=O)N(C4CCC(=O)NC4=O)C5=O)CC3)cn2)c(N[C@H]2CC[C@H](O)CC2)n1. The van der Waals surface area contributed by atoms with Crippen molar-refractivity contribution in [2.24, 2.45) is 0 Å². The number of benzene rings is 1. The van der Waals surface area contributed by atoms with Crippen LogP contribution < -0.4 is 21.3 Å². The molecule has 1 atom stereocenters. The zero-order valence-electron chi connectivity index (χ0n) is 38.3. The Bertz CT molecular complexity index is 2150. The number of pyridine rings is 1. The number of aliphatic hydroxyl groups is 1. The van der Waals surface area contributed by atoms with Crippen molar-refractivity contribution in [3.05, 3.63) is 59.4 Å². The summed E-state index contributed by atoms with van der Waals surface area (Å²) < 4.78 is 22.4. The van der Waals surface area contributed by atoms with Crippen LogP contribution in [-0.2, 0) is 39.9 Å². The summed E-state index contributed by atoms with van der Waals surface area (Å²) in [6.07, 6.45) is 9.09. The van der Waals surface area contributed by atoms with Gasteiger partial charge in [-0.2, -0.15) is 4.98 Å². The Morgan fingerprint density at radius 1 is 0.791 bits per heavy atom. The van der Waals surface area contributed by atoms with Crippen LogP contribution in [0.5, 0.6) is 0 Å². The molecule has 67 heavy (non-hydrogen) atoms. The van der Waals surface area contributed by atoms with Crippen LogP contribution in [-0.4, -0.2) is 175 Å². The van der Waals surface area contributed by atoms with Gasteiger partial charge in [0.25, 0.3) is 11.8 Å². The van der Waals surface area contributed by atoms with Crippen molar-refractivity contribution in [1.82, 2.24) is 35.0 Å². The molecule has 0 radical (unpaired) electrons. The average Bonchev–Trinajstić information content (AvgIpc) is 3.59. The number of nitrogens with zero attached hydrogens (tertiary/aromatic N) is 6. The van der Waals surface area contributed by atoms with E-state index in [1.54, 1.807) is 18.2 Å². The summed E-state index contributed by atoms with van der Waals surface area (Å²) in [7, 11) is 0. The molecule has 0 bridgehead atoms. The molecule has 2 aromatic heterocycles. The highest BCUT2D eigenvalue weighted by Crippen LogP contribution is 2.33. The van der Waals surface area contributed by atoms with Crippen molar-refractivity contribution >= 4 is 47.0 Å². The van der Waals surface area contributed by atoms with Crippen molar-refractivity contribution in [3.63, 3.8) is 0 Å². The molecule has 4 aliphatic rings. The summed E-state index contributed by atoms with van der Waals surface area (Å²) in [6.45, 7) is 9.17. The molecule has 5 amide bonds. The second-order valence-electron chi connectivity index (χ2n) is 17.1. The van der Waals surface area contributed by atoms with Gasteiger partial charge < -0.3 is 44.9 Å². The second kappa shape index (κ2) is 24.9. The zero-order chi connectivity index (χ0) is 47.0. The lowest BCUT2D eigenvalue weighted by Gasteiger charge is -2.34. The maximum atomic E-state index is 13.2. The molecule has 3 fully saturated rings. The molecule has 5 N–H and O–H groups in total. The number of anilines is 3. The molecule has 20 heteroatoms. The number of carbonyl (C=O) groups is 5. The van der Waals surface area contributed by atoms with Crippen LogP contribution in [0.15, 0.2) is 42.7 Å².